The third kappa shape index (κ3) is 3.05. The number of carbonyl (C=O) groups excluding carboxylic acids is 2. The van der Waals surface area contributed by atoms with Gasteiger partial charge in [-0.05, 0) is 34.1 Å². The normalized spacial score (nSPS) is 28.7. The predicted octanol–water partition coefficient (Wildman–Crippen LogP) is 1.68. The van der Waals surface area contributed by atoms with Crippen molar-refractivity contribution in [2.45, 2.75) is 71.0 Å². The summed E-state index contributed by atoms with van der Waals surface area (Å²) in [5.74, 6) is -0.586. The minimum Gasteiger partial charge on any atom is -0.403 e. The van der Waals surface area contributed by atoms with Crippen molar-refractivity contribution in [3.05, 3.63) is 12.2 Å². The number of carbonyl (C=O) groups is 2. The van der Waals surface area contributed by atoms with E-state index >= 15 is 0 Å². The third-order valence-electron chi connectivity index (χ3n) is 4.71. The van der Waals surface area contributed by atoms with Gasteiger partial charge in [0.15, 0.2) is 0 Å². The molecule has 0 spiro atoms. The molecule has 0 radical (unpaired) electrons. The molecule has 0 bridgehead atoms. The van der Waals surface area contributed by atoms with Crippen LogP contribution in [0, 0.1) is 0 Å². The predicted molar refractivity (Wildman–Crippen MR) is 83.7 cm³/mol. The highest BCUT2D eigenvalue weighted by Crippen LogP contribution is 2.43. The standard InChI is InChI=1S/C15H25BN2O4/c1-10(19)17-18(11(2)20)13-9-7-8-12(13)16-21-14(3,4)15(5,6)22-16/h7-8,12-13H,9H2,1-6H3,(H,17,19)/t12-,13?/m0/s1. The van der Waals surface area contributed by atoms with Gasteiger partial charge in [-0.1, -0.05) is 12.2 Å². The van der Waals surface area contributed by atoms with E-state index in [1.165, 1.54) is 18.9 Å². The Morgan fingerprint density at radius 1 is 1.18 bits per heavy atom. The van der Waals surface area contributed by atoms with Gasteiger partial charge in [0.25, 0.3) is 0 Å². The van der Waals surface area contributed by atoms with Crippen molar-refractivity contribution in [3.8, 4) is 0 Å². The van der Waals surface area contributed by atoms with Gasteiger partial charge in [-0.3, -0.25) is 20.0 Å². The summed E-state index contributed by atoms with van der Waals surface area (Å²) in [5, 5.41) is 1.39. The SMILES string of the molecule is CC(=O)NN(C(C)=O)C1CC=C[C@@H]1B1OC(C)(C)C(C)(C)O1. The number of rotatable bonds is 2. The van der Waals surface area contributed by atoms with Gasteiger partial charge in [-0.25, -0.2) is 0 Å². The van der Waals surface area contributed by atoms with Crippen molar-refractivity contribution in [1.82, 2.24) is 10.4 Å². The maximum Gasteiger partial charge on any atom is 0.467 e. The van der Waals surface area contributed by atoms with E-state index in [-0.39, 0.29) is 23.7 Å². The number of nitrogens with zero attached hydrogens (tertiary/aromatic N) is 1. The Morgan fingerprint density at radius 2 is 1.73 bits per heavy atom. The monoisotopic (exact) mass is 308 g/mol. The Balaban J connectivity index is 2.19. The van der Waals surface area contributed by atoms with Crippen molar-refractivity contribution in [2.24, 2.45) is 0 Å². The van der Waals surface area contributed by atoms with Gasteiger partial charge in [-0.2, -0.15) is 0 Å². The van der Waals surface area contributed by atoms with Crippen LogP contribution in [0.1, 0.15) is 48.0 Å². The highest BCUT2D eigenvalue weighted by molar-refractivity contribution is 6.48. The molecule has 122 valence electrons. The van der Waals surface area contributed by atoms with Crippen LogP contribution in [0.4, 0.5) is 0 Å². The summed E-state index contributed by atoms with van der Waals surface area (Å²) in [7, 11) is -0.440. The fraction of sp³-hybridized carbons (Fsp3) is 0.733. The second kappa shape index (κ2) is 5.70. The molecule has 2 rings (SSSR count). The van der Waals surface area contributed by atoms with Crippen LogP contribution in [0.15, 0.2) is 12.2 Å². The van der Waals surface area contributed by atoms with Crippen molar-refractivity contribution >= 4 is 18.9 Å². The third-order valence-corrected chi connectivity index (χ3v) is 4.71. The van der Waals surface area contributed by atoms with Crippen LogP contribution in [0.3, 0.4) is 0 Å². The van der Waals surface area contributed by atoms with Crippen LogP contribution in [0.25, 0.3) is 0 Å². The van der Waals surface area contributed by atoms with Crippen LogP contribution >= 0.6 is 0 Å². The van der Waals surface area contributed by atoms with Crippen molar-refractivity contribution < 1.29 is 18.9 Å². The Labute approximate surface area is 132 Å². The molecule has 0 aromatic rings. The Hall–Kier alpha value is -1.34. The van der Waals surface area contributed by atoms with Crippen LogP contribution in [-0.2, 0) is 18.9 Å². The lowest BCUT2D eigenvalue weighted by molar-refractivity contribution is -0.141. The quantitative estimate of drug-likeness (QED) is 0.479. The first-order chi connectivity index (χ1) is 10.0. The summed E-state index contributed by atoms with van der Waals surface area (Å²) in [6.45, 7) is 10.8. The van der Waals surface area contributed by atoms with E-state index in [1.807, 2.05) is 39.8 Å². The number of hydrogen-bond donors (Lipinski definition) is 1. The average molecular weight is 308 g/mol. The molecule has 7 heteroatoms. The number of hydrazine groups is 1. The van der Waals surface area contributed by atoms with Crippen molar-refractivity contribution in [3.63, 3.8) is 0 Å². The zero-order chi connectivity index (χ0) is 16.7. The molecular weight excluding hydrogens is 283 g/mol. The fourth-order valence-electron chi connectivity index (χ4n) is 2.82. The molecule has 1 unspecified atom stereocenters. The van der Waals surface area contributed by atoms with E-state index in [0.29, 0.717) is 6.42 Å². The Kier molecular flexibility index (Phi) is 4.41. The average Bonchev–Trinajstić information content (AvgIpc) is 2.89. The fourth-order valence-corrected chi connectivity index (χ4v) is 2.82. The molecule has 0 saturated carbocycles. The van der Waals surface area contributed by atoms with E-state index in [2.05, 4.69) is 5.43 Å². The number of hydrogen-bond acceptors (Lipinski definition) is 4. The van der Waals surface area contributed by atoms with Gasteiger partial charge in [-0.15, -0.1) is 0 Å². The summed E-state index contributed by atoms with van der Waals surface area (Å²) in [4.78, 5) is 23.2. The van der Waals surface area contributed by atoms with Gasteiger partial charge in [0.1, 0.15) is 0 Å². The zero-order valence-electron chi connectivity index (χ0n) is 14.2. The molecule has 2 amide bonds. The van der Waals surface area contributed by atoms with Crippen molar-refractivity contribution in [2.75, 3.05) is 0 Å². The molecule has 1 aliphatic carbocycles. The second-order valence-electron chi connectivity index (χ2n) is 6.99. The highest BCUT2D eigenvalue weighted by Gasteiger charge is 2.55. The van der Waals surface area contributed by atoms with Crippen LogP contribution in [-0.4, -0.2) is 41.2 Å². The number of nitrogens with one attached hydrogen (secondary N) is 1. The molecule has 1 saturated heterocycles. The lowest BCUT2D eigenvalue weighted by atomic mass is 9.69. The Bertz CT molecular complexity index is 488. The number of amides is 2. The molecule has 22 heavy (non-hydrogen) atoms. The first-order valence-corrected chi connectivity index (χ1v) is 7.64. The maximum atomic E-state index is 11.9. The largest absolute Gasteiger partial charge is 0.467 e. The van der Waals surface area contributed by atoms with Crippen LogP contribution < -0.4 is 5.43 Å². The first kappa shape index (κ1) is 17.0. The molecule has 1 aliphatic heterocycles. The molecular formula is C15H25BN2O4. The van der Waals surface area contributed by atoms with Crippen LogP contribution in [0.2, 0.25) is 5.82 Å². The Morgan fingerprint density at radius 3 is 2.18 bits per heavy atom. The van der Waals surface area contributed by atoms with E-state index in [1.54, 1.807) is 0 Å². The van der Waals surface area contributed by atoms with Gasteiger partial charge < -0.3 is 9.31 Å². The molecule has 6 nitrogen and oxygen atoms in total. The molecule has 1 heterocycles. The molecule has 2 atom stereocenters. The lowest BCUT2D eigenvalue weighted by Gasteiger charge is -2.32. The zero-order valence-corrected chi connectivity index (χ0v) is 14.2. The molecule has 0 aromatic carbocycles. The van der Waals surface area contributed by atoms with Crippen LogP contribution in [0.5, 0.6) is 0 Å². The van der Waals surface area contributed by atoms with Crippen molar-refractivity contribution in [1.29, 1.82) is 0 Å². The summed E-state index contributed by atoms with van der Waals surface area (Å²) < 4.78 is 12.2. The summed E-state index contributed by atoms with van der Waals surface area (Å²) in [6, 6.07) is -0.198. The molecule has 2 aliphatic rings. The smallest absolute Gasteiger partial charge is 0.403 e. The summed E-state index contributed by atoms with van der Waals surface area (Å²) in [5.41, 5.74) is 1.76. The lowest BCUT2D eigenvalue weighted by Crippen LogP contribution is -2.53. The summed E-state index contributed by atoms with van der Waals surface area (Å²) in [6.07, 6.45) is 4.66. The van der Waals surface area contributed by atoms with Gasteiger partial charge in [0, 0.05) is 19.7 Å². The molecule has 1 fully saturated rings. The minimum atomic E-state index is -0.440. The summed E-state index contributed by atoms with van der Waals surface area (Å²) >= 11 is 0. The minimum absolute atomic E-state index is 0.114. The highest BCUT2D eigenvalue weighted by atomic mass is 16.7. The maximum absolute atomic E-state index is 11.9. The van der Waals surface area contributed by atoms with Gasteiger partial charge in [0.05, 0.1) is 17.2 Å². The second-order valence-corrected chi connectivity index (χ2v) is 6.99. The van der Waals surface area contributed by atoms with Gasteiger partial charge in [0.2, 0.25) is 11.8 Å². The molecule has 1 N–H and O–H groups in total. The first-order valence-electron chi connectivity index (χ1n) is 7.64. The van der Waals surface area contributed by atoms with E-state index in [0.717, 1.165) is 0 Å². The topological polar surface area (TPSA) is 67.9 Å². The van der Waals surface area contributed by atoms with E-state index in [9.17, 15) is 9.59 Å². The molecule has 0 aromatic heterocycles. The van der Waals surface area contributed by atoms with E-state index < -0.39 is 18.3 Å². The van der Waals surface area contributed by atoms with Gasteiger partial charge >= 0.3 is 7.12 Å². The van der Waals surface area contributed by atoms with E-state index in [4.69, 9.17) is 9.31 Å².